The summed E-state index contributed by atoms with van der Waals surface area (Å²) in [6.45, 7) is 1.03. The average molecular weight is 383 g/mol. The van der Waals surface area contributed by atoms with Crippen molar-refractivity contribution in [2.24, 2.45) is 0 Å². The highest BCUT2D eigenvalue weighted by molar-refractivity contribution is 6.31. The maximum atomic E-state index is 13.4. The molecule has 7 heteroatoms. The molecule has 2 aromatic carbocycles. The summed E-state index contributed by atoms with van der Waals surface area (Å²) >= 11 is 5.87. The molecule has 0 saturated carbocycles. The topological polar surface area (TPSA) is 71.2 Å². The van der Waals surface area contributed by atoms with Crippen LogP contribution in [0.5, 0.6) is 0 Å². The molecule has 0 spiro atoms. The number of hydrogen-bond acceptors (Lipinski definition) is 3. The van der Waals surface area contributed by atoms with Crippen LogP contribution in [0.25, 0.3) is 11.1 Å². The second kappa shape index (κ2) is 6.89. The minimum Gasteiger partial charge on any atom is -0.397 e. The molecule has 1 aliphatic heterocycles. The van der Waals surface area contributed by atoms with Gasteiger partial charge in [0.1, 0.15) is 5.82 Å². The smallest absolute Gasteiger partial charge is 0.322 e. The van der Waals surface area contributed by atoms with Gasteiger partial charge in [0.05, 0.1) is 16.4 Å². The van der Waals surface area contributed by atoms with E-state index in [-0.39, 0.29) is 11.1 Å². The summed E-state index contributed by atoms with van der Waals surface area (Å²) in [5, 5.41) is 2.90. The fraction of sp³-hybridized carbons (Fsp3) is 0.100. The Bertz CT molecular complexity index is 1020. The second-order valence-corrected chi connectivity index (χ2v) is 6.77. The zero-order valence-electron chi connectivity index (χ0n) is 14.2. The zero-order chi connectivity index (χ0) is 19.0. The molecule has 3 aromatic rings. The molecule has 0 aliphatic carbocycles. The third-order valence-electron chi connectivity index (χ3n) is 4.56. The molecular formula is C20H16ClFN4O. The number of anilines is 2. The van der Waals surface area contributed by atoms with Crippen LogP contribution in [0, 0.1) is 5.82 Å². The predicted molar refractivity (Wildman–Crippen MR) is 104 cm³/mol. The lowest BCUT2D eigenvalue weighted by Gasteiger charge is -2.18. The van der Waals surface area contributed by atoms with Crippen LogP contribution in [0.15, 0.2) is 54.9 Å². The van der Waals surface area contributed by atoms with Crippen molar-refractivity contribution in [2.45, 2.75) is 13.1 Å². The Morgan fingerprint density at radius 1 is 1.11 bits per heavy atom. The normalized spacial score (nSPS) is 12.7. The van der Waals surface area contributed by atoms with Crippen molar-refractivity contribution < 1.29 is 9.18 Å². The van der Waals surface area contributed by atoms with E-state index in [4.69, 9.17) is 17.3 Å². The number of hydrogen-bond donors (Lipinski definition) is 2. The number of nitrogens with zero attached hydrogens (tertiary/aromatic N) is 2. The average Bonchev–Trinajstić information content (AvgIpc) is 3.10. The van der Waals surface area contributed by atoms with Crippen molar-refractivity contribution in [3.63, 3.8) is 0 Å². The Hall–Kier alpha value is -3.12. The highest BCUT2D eigenvalue weighted by Gasteiger charge is 2.23. The van der Waals surface area contributed by atoms with Gasteiger partial charge in [-0.15, -0.1) is 0 Å². The van der Waals surface area contributed by atoms with Gasteiger partial charge in [0.25, 0.3) is 0 Å². The Labute approximate surface area is 160 Å². The number of carbonyl (C=O) groups is 1. The molecule has 136 valence electrons. The molecule has 27 heavy (non-hydrogen) atoms. The van der Waals surface area contributed by atoms with Gasteiger partial charge in [-0.1, -0.05) is 23.7 Å². The van der Waals surface area contributed by atoms with Crippen molar-refractivity contribution in [3.8, 4) is 11.1 Å². The van der Waals surface area contributed by atoms with Crippen LogP contribution >= 0.6 is 11.6 Å². The van der Waals surface area contributed by atoms with Gasteiger partial charge in [-0.05, 0) is 52.6 Å². The first-order chi connectivity index (χ1) is 13.0. The fourth-order valence-corrected chi connectivity index (χ4v) is 3.26. The van der Waals surface area contributed by atoms with E-state index in [1.807, 2.05) is 6.07 Å². The summed E-state index contributed by atoms with van der Waals surface area (Å²) in [7, 11) is 0. The number of nitrogens with two attached hydrogens (primary N) is 1. The molecule has 0 fully saturated rings. The number of pyridine rings is 1. The first-order valence-corrected chi connectivity index (χ1v) is 8.72. The zero-order valence-corrected chi connectivity index (χ0v) is 15.0. The van der Waals surface area contributed by atoms with Crippen LogP contribution in [-0.4, -0.2) is 15.9 Å². The molecule has 5 nitrogen and oxygen atoms in total. The number of nitrogen functional groups attached to an aromatic ring is 1. The van der Waals surface area contributed by atoms with Crippen molar-refractivity contribution in [3.05, 3.63) is 76.8 Å². The summed E-state index contributed by atoms with van der Waals surface area (Å²) in [6.07, 6.45) is 3.49. The van der Waals surface area contributed by atoms with E-state index in [0.717, 1.165) is 22.3 Å². The monoisotopic (exact) mass is 382 g/mol. The maximum Gasteiger partial charge on any atom is 0.322 e. The number of rotatable bonds is 2. The highest BCUT2D eigenvalue weighted by Crippen LogP contribution is 2.30. The van der Waals surface area contributed by atoms with Crippen LogP contribution in [0.3, 0.4) is 0 Å². The standard InChI is InChI=1S/C20H16ClFN4O/c21-16-7-12(1-3-17(16)22)13-2-4-18(23)19(8-13)25-20(27)26-10-14-5-6-24-9-15(14)11-26/h1-9H,10-11,23H2,(H,25,27). The number of fused-ring (bicyclic) bond motifs is 1. The van der Waals surface area contributed by atoms with E-state index in [1.165, 1.54) is 12.1 Å². The molecule has 0 bridgehead atoms. The van der Waals surface area contributed by atoms with E-state index >= 15 is 0 Å². The molecule has 3 N–H and O–H groups in total. The molecule has 4 rings (SSSR count). The summed E-state index contributed by atoms with van der Waals surface area (Å²) in [5.41, 5.74) is 10.6. The van der Waals surface area contributed by atoms with Gasteiger partial charge in [-0.3, -0.25) is 4.98 Å². The number of halogens is 2. The van der Waals surface area contributed by atoms with Gasteiger partial charge in [-0.25, -0.2) is 9.18 Å². The van der Waals surface area contributed by atoms with Gasteiger partial charge < -0.3 is 16.0 Å². The van der Waals surface area contributed by atoms with Gasteiger partial charge in [0.15, 0.2) is 0 Å². The maximum absolute atomic E-state index is 13.4. The van der Waals surface area contributed by atoms with Crippen molar-refractivity contribution in [2.75, 3.05) is 11.1 Å². The lowest BCUT2D eigenvalue weighted by Crippen LogP contribution is -2.30. The van der Waals surface area contributed by atoms with Gasteiger partial charge in [0, 0.05) is 25.5 Å². The summed E-state index contributed by atoms with van der Waals surface area (Å²) < 4.78 is 13.4. The molecule has 1 aliphatic rings. The first kappa shape index (κ1) is 17.3. The fourth-order valence-electron chi connectivity index (χ4n) is 3.08. The number of benzene rings is 2. The lowest BCUT2D eigenvalue weighted by atomic mass is 10.0. The Balaban J connectivity index is 1.55. The Kier molecular flexibility index (Phi) is 4.41. The first-order valence-electron chi connectivity index (χ1n) is 8.34. The van der Waals surface area contributed by atoms with Crippen LogP contribution in [-0.2, 0) is 13.1 Å². The van der Waals surface area contributed by atoms with E-state index in [9.17, 15) is 9.18 Å². The molecule has 0 atom stereocenters. The number of aromatic nitrogens is 1. The van der Waals surface area contributed by atoms with Crippen molar-refractivity contribution >= 4 is 29.0 Å². The summed E-state index contributed by atoms with van der Waals surface area (Å²) in [6, 6.07) is 11.4. The number of nitrogens with one attached hydrogen (secondary N) is 1. The molecule has 0 saturated heterocycles. The molecule has 1 aromatic heterocycles. The minimum absolute atomic E-state index is 0.0401. The third kappa shape index (κ3) is 3.44. The lowest BCUT2D eigenvalue weighted by molar-refractivity contribution is 0.212. The van der Waals surface area contributed by atoms with Crippen LogP contribution in [0.4, 0.5) is 20.6 Å². The van der Waals surface area contributed by atoms with Gasteiger partial charge in [-0.2, -0.15) is 0 Å². The quantitative estimate of drug-likeness (QED) is 0.632. The van der Waals surface area contributed by atoms with E-state index in [2.05, 4.69) is 10.3 Å². The minimum atomic E-state index is -0.479. The van der Waals surface area contributed by atoms with Gasteiger partial charge in [0.2, 0.25) is 0 Å². The predicted octanol–water partition coefficient (Wildman–Crippen LogP) is 4.67. The Morgan fingerprint density at radius 2 is 1.85 bits per heavy atom. The summed E-state index contributed by atoms with van der Waals surface area (Å²) in [4.78, 5) is 18.4. The number of amides is 2. The van der Waals surface area contributed by atoms with Crippen molar-refractivity contribution in [1.82, 2.24) is 9.88 Å². The Morgan fingerprint density at radius 3 is 2.63 bits per heavy atom. The SMILES string of the molecule is Nc1ccc(-c2ccc(F)c(Cl)c2)cc1NC(=O)N1Cc2ccncc2C1. The largest absolute Gasteiger partial charge is 0.397 e. The summed E-state index contributed by atoms with van der Waals surface area (Å²) in [5.74, 6) is -0.479. The van der Waals surface area contributed by atoms with Crippen LogP contribution < -0.4 is 11.1 Å². The van der Waals surface area contributed by atoms with Crippen LogP contribution in [0.2, 0.25) is 5.02 Å². The third-order valence-corrected chi connectivity index (χ3v) is 4.85. The number of urea groups is 1. The van der Waals surface area contributed by atoms with Gasteiger partial charge >= 0.3 is 6.03 Å². The number of carbonyl (C=O) groups excluding carboxylic acids is 1. The second-order valence-electron chi connectivity index (χ2n) is 6.36. The molecule has 0 radical (unpaired) electrons. The molecule has 0 unspecified atom stereocenters. The molecule has 2 heterocycles. The molecule has 2 amide bonds. The van der Waals surface area contributed by atoms with E-state index < -0.39 is 5.82 Å². The van der Waals surface area contributed by atoms with Crippen molar-refractivity contribution in [1.29, 1.82) is 0 Å². The highest BCUT2D eigenvalue weighted by atomic mass is 35.5. The molecular weight excluding hydrogens is 367 g/mol. The van der Waals surface area contributed by atoms with E-state index in [0.29, 0.717) is 24.5 Å². The van der Waals surface area contributed by atoms with E-state index in [1.54, 1.807) is 41.6 Å². The van der Waals surface area contributed by atoms with Crippen LogP contribution in [0.1, 0.15) is 11.1 Å².